The molecule has 2 nitrogen and oxygen atoms in total. The van der Waals surface area contributed by atoms with Gasteiger partial charge in [0.2, 0.25) is 0 Å². The molecule has 0 aliphatic heterocycles. The van der Waals surface area contributed by atoms with Crippen LogP contribution in [0.1, 0.15) is 59.4 Å². The highest BCUT2D eigenvalue weighted by atomic mass is 35.5. The van der Waals surface area contributed by atoms with Crippen molar-refractivity contribution in [1.82, 2.24) is 0 Å². The number of sulfone groups is 1. The fourth-order valence-corrected chi connectivity index (χ4v) is 9.44. The average Bonchev–Trinajstić information content (AvgIpc) is 2.92. The molecular weight excluding hydrogens is 553 g/mol. The molecule has 0 bridgehead atoms. The highest BCUT2D eigenvalue weighted by molar-refractivity contribution is 7.92. The summed E-state index contributed by atoms with van der Waals surface area (Å²) in [4.78, 5) is -0.297. The summed E-state index contributed by atoms with van der Waals surface area (Å²) in [6, 6.07) is 21.8. The van der Waals surface area contributed by atoms with Crippen molar-refractivity contribution in [3.05, 3.63) is 118 Å². The first-order valence-electron chi connectivity index (χ1n) is 13.3. The number of hydrogen-bond donors (Lipinski definition) is 0. The third-order valence-electron chi connectivity index (χ3n) is 8.90. The van der Waals surface area contributed by atoms with Crippen molar-refractivity contribution in [3.8, 4) is 0 Å². The molecule has 206 valence electrons. The first-order chi connectivity index (χ1) is 18.9. The third kappa shape index (κ3) is 4.27. The van der Waals surface area contributed by atoms with Gasteiger partial charge in [0.15, 0.2) is 9.84 Å². The minimum atomic E-state index is -4.65. The topological polar surface area (TPSA) is 34.1 Å². The van der Waals surface area contributed by atoms with Crippen LogP contribution in [-0.4, -0.2) is 13.2 Å². The summed E-state index contributed by atoms with van der Waals surface area (Å²) >= 11 is 6.23. The number of benzene rings is 4. The second-order valence-corrected chi connectivity index (χ2v) is 14.1. The van der Waals surface area contributed by atoms with Crippen LogP contribution >= 0.6 is 11.6 Å². The van der Waals surface area contributed by atoms with Gasteiger partial charge in [0.25, 0.3) is 0 Å². The zero-order chi connectivity index (χ0) is 28.4. The molecule has 0 amide bonds. The van der Waals surface area contributed by atoms with E-state index in [0.29, 0.717) is 5.02 Å². The number of hydrogen-bond acceptors (Lipinski definition) is 2. The SMILES string of the molecule is Cc1cc(Cl)ccc1C1CC2C=Cc3c(ccc4ccccc34)C2C(C)(S(=O)(=O)c2cccc(C(F)(F)F)c2)C1. The van der Waals surface area contributed by atoms with Gasteiger partial charge in [-0.3, -0.25) is 0 Å². The molecule has 2 aliphatic carbocycles. The first-order valence-corrected chi connectivity index (χ1v) is 15.1. The van der Waals surface area contributed by atoms with Gasteiger partial charge in [-0.05, 0) is 102 Å². The smallest absolute Gasteiger partial charge is 0.223 e. The molecule has 4 aromatic rings. The minimum absolute atomic E-state index is 0.115. The van der Waals surface area contributed by atoms with Crippen molar-refractivity contribution in [2.75, 3.05) is 0 Å². The Morgan fingerprint density at radius 1 is 0.925 bits per heavy atom. The quantitative estimate of drug-likeness (QED) is 0.242. The summed E-state index contributed by atoms with van der Waals surface area (Å²) in [5, 5.41) is 2.69. The van der Waals surface area contributed by atoms with Gasteiger partial charge in [-0.25, -0.2) is 8.42 Å². The highest BCUT2D eigenvalue weighted by Crippen LogP contribution is 2.58. The van der Waals surface area contributed by atoms with Gasteiger partial charge in [0.05, 0.1) is 15.2 Å². The summed E-state index contributed by atoms with van der Waals surface area (Å²) in [5.74, 6) is -0.663. The second kappa shape index (κ2) is 9.49. The number of aryl methyl sites for hydroxylation is 1. The van der Waals surface area contributed by atoms with Gasteiger partial charge >= 0.3 is 6.18 Å². The Kier molecular flexibility index (Phi) is 6.43. The Morgan fingerprint density at radius 2 is 1.68 bits per heavy atom. The fourth-order valence-electron chi connectivity index (χ4n) is 7.08. The van der Waals surface area contributed by atoms with E-state index in [-0.39, 0.29) is 23.2 Å². The number of allylic oxidation sites excluding steroid dienone is 1. The predicted octanol–water partition coefficient (Wildman–Crippen LogP) is 9.36. The maximum Gasteiger partial charge on any atom is 0.416 e. The molecule has 2 aliphatic rings. The summed E-state index contributed by atoms with van der Waals surface area (Å²) in [6.07, 6.45) is 0.548. The maximum atomic E-state index is 14.6. The third-order valence-corrected chi connectivity index (χ3v) is 11.7. The van der Waals surface area contributed by atoms with Gasteiger partial charge in [0, 0.05) is 10.9 Å². The number of fused-ring (bicyclic) bond motifs is 5. The lowest BCUT2D eigenvalue weighted by Gasteiger charge is -2.50. The lowest BCUT2D eigenvalue weighted by Crippen LogP contribution is -2.50. The number of alkyl halides is 3. The molecule has 4 aromatic carbocycles. The van der Waals surface area contributed by atoms with Crippen molar-refractivity contribution < 1.29 is 21.6 Å². The predicted molar refractivity (Wildman–Crippen MR) is 154 cm³/mol. The monoisotopic (exact) mass is 580 g/mol. The van der Waals surface area contributed by atoms with Gasteiger partial charge in [0.1, 0.15) is 0 Å². The van der Waals surface area contributed by atoms with Crippen LogP contribution in [0.25, 0.3) is 16.8 Å². The van der Waals surface area contributed by atoms with Gasteiger partial charge in [-0.1, -0.05) is 72.3 Å². The van der Waals surface area contributed by atoms with Gasteiger partial charge in [-0.15, -0.1) is 0 Å². The molecule has 1 fully saturated rings. The van der Waals surface area contributed by atoms with E-state index < -0.39 is 32.2 Å². The van der Waals surface area contributed by atoms with E-state index in [1.54, 1.807) is 6.92 Å². The molecule has 0 N–H and O–H groups in total. The Morgan fingerprint density at radius 3 is 2.42 bits per heavy atom. The van der Waals surface area contributed by atoms with Gasteiger partial charge < -0.3 is 0 Å². The van der Waals surface area contributed by atoms with Crippen LogP contribution in [0.3, 0.4) is 0 Å². The molecule has 0 heterocycles. The van der Waals surface area contributed by atoms with Crippen LogP contribution in [0.5, 0.6) is 0 Å². The Hall–Kier alpha value is -3.09. The van der Waals surface area contributed by atoms with Crippen molar-refractivity contribution >= 4 is 38.3 Å². The van der Waals surface area contributed by atoms with E-state index in [1.165, 1.54) is 12.1 Å². The summed E-state index contributed by atoms with van der Waals surface area (Å²) in [7, 11) is -4.23. The Balaban J connectivity index is 1.57. The average molecular weight is 581 g/mol. The highest BCUT2D eigenvalue weighted by Gasteiger charge is 2.55. The van der Waals surface area contributed by atoms with Crippen molar-refractivity contribution in [1.29, 1.82) is 0 Å². The molecule has 0 saturated heterocycles. The Bertz CT molecular complexity index is 1780. The van der Waals surface area contributed by atoms with E-state index in [9.17, 15) is 21.6 Å². The van der Waals surface area contributed by atoms with Crippen LogP contribution < -0.4 is 0 Å². The van der Waals surface area contributed by atoms with E-state index in [1.807, 2.05) is 61.5 Å². The van der Waals surface area contributed by atoms with Crippen molar-refractivity contribution in [3.63, 3.8) is 0 Å². The second-order valence-electron chi connectivity index (χ2n) is 11.3. The zero-order valence-corrected chi connectivity index (χ0v) is 23.6. The largest absolute Gasteiger partial charge is 0.416 e. The van der Waals surface area contributed by atoms with Crippen LogP contribution in [0.2, 0.25) is 5.02 Å². The molecule has 1 saturated carbocycles. The van der Waals surface area contributed by atoms with E-state index in [0.717, 1.165) is 51.6 Å². The molecule has 4 unspecified atom stereocenters. The van der Waals surface area contributed by atoms with Crippen LogP contribution in [0.4, 0.5) is 13.2 Å². The normalized spacial score (nSPS) is 24.5. The van der Waals surface area contributed by atoms with E-state index in [4.69, 9.17) is 11.6 Å². The molecule has 4 atom stereocenters. The standard InChI is InChI=1S/C33H28ClF3O2S/c1-20-16-25(34)12-15-27(20)23-17-22-11-13-29-28-9-4-3-6-21(28)10-14-30(29)31(22)32(2,19-23)40(38,39)26-8-5-7-24(18-26)33(35,36)37/h3-16,18,22-23,31H,17,19H2,1-2H3. The number of rotatable bonds is 3. The number of halogens is 4. The van der Waals surface area contributed by atoms with Crippen molar-refractivity contribution in [2.24, 2.45) is 5.92 Å². The molecule has 6 rings (SSSR count). The molecule has 0 aromatic heterocycles. The summed E-state index contributed by atoms with van der Waals surface area (Å²) in [6.45, 7) is 3.69. The molecular formula is C33H28ClF3O2S. The minimum Gasteiger partial charge on any atom is -0.223 e. The lowest BCUT2D eigenvalue weighted by molar-refractivity contribution is -0.137. The zero-order valence-electron chi connectivity index (χ0n) is 22.0. The molecule has 40 heavy (non-hydrogen) atoms. The molecule has 0 radical (unpaired) electrons. The van der Waals surface area contributed by atoms with E-state index in [2.05, 4.69) is 12.2 Å². The van der Waals surface area contributed by atoms with Crippen LogP contribution in [0, 0.1) is 12.8 Å². The molecule has 0 spiro atoms. The Labute approximate surface area is 237 Å². The van der Waals surface area contributed by atoms with E-state index >= 15 is 0 Å². The van der Waals surface area contributed by atoms with Crippen LogP contribution in [-0.2, 0) is 16.0 Å². The first kappa shape index (κ1) is 27.1. The van der Waals surface area contributed by atoms with Crippen molar-refractivity contribution in [2.45, 2.75) is 54.3 Å². The fraction of sp³-hybridized carbons (Fsp3) is 0.273. The van der Waals surface area contributed by atoms with Crippen LogP contribution in [0.15, 0.2) is 89.8 Å². The lowest BCUT2D eigenvalue weighted by atomic mass is 9.61. The maximum absolute atomic E-state index is 14.6. The molecule has 7 heteroatoms. The van der Waals surface area contributed by atoms with Gasteiger partial charge in [-0.2, -0.15) is 13.2 Å². The summed E-state index contributed by atoms with van der Waals surface area (Å²) in [5.41, 5.74) is 2.93. The summed E-state index contributed by atoms with van der Waals surface area (Å²) < 4.78 is 68.8.